The molecule has 2 aromatic carbocycles. The number of ether oxygens (including phenoxy) is 2. The SMILES string of the molecule is COc1ccc(-c2nn(-c3cc(C(F)(F)F)ccc3Cl)c3c2CCCCN3)c(OC)c1. The Bertz CT molecular complexity index is 1110. The molecule has 0 saturated heterocycles. The van der Waals surface area contributed by atoms with Gasteiger partial charge in [0.05, 0.1) is 30.5 Å². The monoisotopic (exact) mass is 451 g/mol. The summed E-state index contributed by atoms with van der Waals surface area (Å²) in [7, 11) is 3.12. The number of rotatable bonds is 4. The third kappa shape index (κ3) is 4.04. The fourth-order valence-corrected chi connectivity index (χ4v) is 3.94. The van der Waals surface area contributed by atoms with Crippen LogP contribution in [0.25, 0.3) is 16.9 Å². The lowest BCUT2D eigenvalue weighted by molar-refractivity contribution is -0.137. The minimum atomic E-state index is -4.49. The van der Waals surface area contributed by atoms with Gasteiger partial charge < -0.3 is 14.8 Å². The summed E-state index contributed by atoms with van der Waals surface area (Å²) in [4.78, 5) is 0. The minimum Gasteiger partial charge on any atom is -0.497 e. The van der Waals surface area contributed by atoms with E-state index < -0.39 is 11.7 Å². The van der Waals surface area contributed by atoms with Gasteiger partial charge in [0.1, 0.15) is 23.0 Å². The molecule has 0 spiro atoms. The first-order valence-electron chi connectivity index (χ1n) is 9.78. The smallest absolute Gasteiger partial charge is 0.416 e. The number of nitrogens with one attached hydrogen (secondary N) is 1. The Morgan fingerprint density at radius 1 is 1.06 bits per heavy atom. The van der Waals surface area contributed by atoms with Crippen molar-refractivity contribution in [2.75, 3.05) is 26.1 Å². The third-order valence-corrected chi connectivity index (χ3v) is 5.61. The molecule has 0 amide bonds. The lowest BCUT2D eigenvalue weighted by Gasteiger charge is -2.13. The van der Waals surface area contributed by atoms with E-state index in [0.717, 1.165) is 42.5 Å². The molecular weight excluding hydrogens is 431 g/mol. The second-order valence-electron chi connectivity index (χ2n) is 7.20. The van der Waals surface area contributed by atoms with Crippen LogP contribution in [0, 0.1) is 0 Å². The summed E-state index contributed by atoms with van der Waals surface area (Å²) in [6.45, 7) is 0.689. The van der Waals surface area contributed by atoms with E-state index in [2.05, 4.69) is 5.32 Å². The van der Waals surface area contributed by atoms with Crippen molar-refractivity contribution in [2.45, 2.75) is 25.4 Å². The van der Waals surface area contributed by atoms with Crippen LogP contribution in [0.15, 0.2) is 36.4 Å². The van der Waals surface area contributed by atoms with Crippen molar-refractivity contribution in [3.63, 3.8) is 0 Å². The normalized spacial score (nSPS) is 13.9. The molecule has 3 aromatic rings. The summed E-state index contributed by atoms with van der Waals surface area (Å²) in [5, 5.41) is 8.20. The molecule has 1 aromatic heterocycles. The highest BCUT2D eigenvalue weighted by molar-refractivity contribution is 6.32. The van der Waals surface area contributed by atoms with E-state index in [9.17, 15) is 13.2 Å². The van der Waals surface area contributed by atoms with E-state index in [0.29, 0.717) is 29.6 Å². The lowest BCUT2D eigenvalue weighted by atomic mass is 10.0. The van der Waals surface area contributed by atoms with Gasteiger partial charge in [-0.15, -0.1) is 0 Å². The largest absolute Gasteiger partial charge is 0.497 e. The number of methoxy groups -OCH3 is 2. The zero-order valence-electron chi connectivity index (χ0n) is 17.0. The molecule has 31 heavy (non-hydrogen) atoms. The van der Waals surface area contributed by atoms with E-state index in [4.69, 9.17) is 26.2 Å². The molecule has 0 unspecified atom stereocenters. The van der Waals surface area contributed by atoms with Crippen LogP contribution in [0.3, 0.4) is 0 Å². The molecule has 5 nitrogen and oxygen atoms in total. The molecule has 0 aliphatic carbocycles. The highest BCUT2D eigenvalue weighted by Crippen LogP contribution is 2.41. The highest BCUT2D eigenvalue weighted by Gasteiger charge is 2.32. The Morgan fingerprint density at radius 2 is 1.87 bits per heavy atom. The van der Waals surface area contributed by atoms with Gasteiger partial charge in [0.2, 0.25) is 0 Å². The molecule has 0 bridgehead atoms. The van der Waals surface area contributed by atoms with E-state index in [1.807, 2.05) is 6.07 Å². The summed E-state index contributed by atoms with van der Waals surface area (Å²) in [6.07, 6.45) is -1.90. The first-order valence-corrected chi connectivity index (χ1v) is 10.2. The van der Waals surface area contributed by atoms with Gasteiger partial charge in [0.25, 0.3) is 0 Å². The molecule has 0 atom stereocenters. The number of fused-ring (bicyclic) bond motifs is 1. The second kappa shape index (κ2) is 8.34. The number of alkyl halides is 3. The van der Waals surface area contributed by atoms with Gasteiger partial charge in [-0.3, -0.25) is 0 Å². The molecule has 2 heterocycles. The van der Waals surface area contributed by atoms with Crippen LogP contribution in [0.4, 0.5) is 19.0 Å². The van der Waals surface area contributed by atoms with Crippen molar-refractivity contribution in [1.29, 1.82) is 0 Å². The van der Waals surface area contributed by atoms with Crippen LogP contribution < -0.4 is 14.8 Å². The van der Waals surface area contributed by atoms with E-state index in [1.165, 1.54) is 10.7 Å². The number of halogens is 4. The van der Waals surface area contributed by atoms with Crippen LogP contribution in [0.1, 0.15) is 24.0 Å². The Balaban J connectivity index is 1.94. The van der Waals surface area contributed by atoms with Gasteiger partial charge in [-0.1, -0.05) is 11.6 Å². The number of hydrogen-bond donors (Lipinski definition) is 1. The van der Waals surface area contributed by atoms with Crippen LogP contribution in [0.2, 0.25) is 5.02 Å². The summed E-state index contributed by atoms with van der Waals surface area (Å²) in [5.74, 6) is 1.84. The zero-order chi connectivity index (χ0) is 22.2. The number of nitrogens with zero attached hydrogens (tertiary/aromatic N) is 2. The van der Waals surface area contributed by atoms with E-state index in [1.54, 1.807) is 26.4 Å². The maximum Gasteiger partial charge on any atom is 0.416 e. The Hall–Kier alpha value is -2.87. The summed E-state index contributed by atoms with van der Waals surface area (Å²) >= 11 is 6.32. The lowest BCUT2D eigenvalue weighted by Crippen LogP contribution is -2.10. The van der Waals surface area contributed by atoms with Gasteiger partial charge in [-0.05, 0) is 49.6 Å². The Kier molecular flexibility index (Phi) is 5.75. The number of benzene rings is 2. The zero-order valence-corrected chi connectivity index (χ0v) is 17.8. The third-order valence-electron chi connectivity index (χ3n) is 5.29. The number of hydrogen-bond acceptors (Lipinski definition) is 4. The van der Waals surface area contributed by atoms with Crippen molar-refractivity contribution in [3.8, 4) is 28.4 Å². The van der Waals surface area contributed by atoms with E-state index >= 15 is 0 Å². The predicted octanol–water partition coefficient (Wildman–Crippen LogP) is 5.98. The minimum absolute atomic E-state index is 0.167. The topological polar surface area (TPSA) is 48.3 Å². The Labute approximate surface area is 182 Å². The molecule has 4 rings (SSSR count). The van der Waals surface area contributed by atoms with Crippen LogP contribution in [0.5, 0.6) is 11.5 Å². The van der Waals surface area contributed by atoms with Crippen molar-refractivity contribution >= 4 is 17.4 Å². The van der Waals surface area contributed by atoms with Crippen molar-refractivity contribution < 1.29 is 22.6 Å². The van der Waals surface area contributed by atoms with Gasteiger partial charge >= 0.3 is 6.18 Å². The molecule has 0 saturated carbocycles. The van der Waals surface area contributed by atoms with Crippen molar-refractivity contribution in [1.82, 2.24) is 9.78 Å². The average Bonchev–Trinajstić information content (AvgIpc) is 2.93. The Morgan fingerprint density at radius 3 is 2.58 bits per heavy atom. The molecular formula is C22H21ClF3N3O2. The summed E-state index contributed by atoms with van der Waals surface area (Å²) in [5.41, 5.74) is 1.66. The first kappa shape index (κ1) is 21.4. The van der Waals surface area contributed by atoms with Gasteiger partial charge in [-0.25, -0.2) is 4.68 Å². The quantitative estimate of drug-likeness (QED) is 0.530. The van der Waals surface area contributed by atoms with Crippen LogP contribution in [-0.4, -0.2) is 30.5 Å². The number of aromatic nitrogens is 2. The summed E-state index contributed by atoms with van der Waals surface area (Å²) in [6, 6.07) is 8.63. The molecule has 164 valence electrons. The predicted molar refractivity (Wildman–Crippen MR) is 114 cm³/mol. The molecule has 0 fully saturated rings. The molecule has 1 aliphatic heterocycles. The first-order chi connectivity index (χ1) is 14.8. The van der Waals surface area contributed by atoms with Crippen LogP contribution >= 0.6 is 11.6 Å². The van der Waals surface area contributed by atoms with Crippen molar-refractivity contribution in [2.24, 2.45) is 0 Å². The molecule has 0 radical (unpaired) electrons. The number of anilines is 1. The second-order valence-corrected chi connectivity index (χ2v) is 7.61. The van der Waals surface area contributed by atoms with Gasteiger partial charge in [-0.2, -0.15) is 18.3 Å². The maximum absolute atomic E-state index is 13.3. The summed E-state index contributed by atoms with van der Waals surface area (Å²) < 4.78 is 52.3. The van der Waals surface area contributed by atoms with Gasteiger partial charge in [0.15, 0.2) is 0 Å². The maximum atomic E-state index is 13.3. The fraction of sp³-hybridized carbons (Fsp3) is 0.318. The highest BCUT2D eigenvalue weighted by atomic mass is 35.5. The average molecular weight is 452 g/mol. The molecule has 1 aliphatic rings. The molecule has 1 N–H and O–H groups in total. The standard InChI is InChI=1S/C22H21ClF3N3O2/c1-30-14-7-8-15(19(12-14)31-2)20-16-5-3-4-10-27-21(16)29(28-20)18-11-13(22(24,25)26)6-9-17(18)23/h6-9,11-12,27H,3-5,10H2,1-2H3. The van der Waals surface area contributed by atoms with E-state index in [-0.39, 0.29) is 10.7 Å². The van der Waals surface area contributed by atoms with Crippen LogP contribution in [-0.2, 0) is 12.6 Å². The molecule has 9 heteroatoms. The van der Waals surface area contributed by atoms with Crippen molar-refractivity contribution in [3.05, 3.63) is 52.5 Å². The fourth-order valence-electron chi connectivity index (χ4n) is 3.74. The van der Waals surface area contributed by atoms with Gasteiger partial charge in [0, 0.05) is 23.7 Å².